The maximum absolute atomic E-state index is 13.2. The summed E-state index contributed by atoms with van der Waals surface area (Å²) < 4.78 is 61.5. The van der Waals surface area contributed by atoms with E-state index in [2.05, 4.69) is 15.7 Å². The molecule has 0 spiro atoms. The van der Waals surface area contributed by atoms with Crippen LogP contribution in [0.1, 0.15) is 54.7 Å². The van der Waals surface area contributed by atoms with Crippen LogP contribution in [0.4, 0.5) is 19.0 Å². The zero-order valence-electron chi connectivity index (χ0n) is 22.1. The summed E-state index contributed by atoms with van der Waals surface area (Å²) in [5.41, 5.74) is 1.33. The molecule has 1 aromatic heterocycles. The third-order valence-electron chi connectivity index (χ3n) is 6.63. The van der Waals surface area contributed by atoms with E-state index in [9.17, 15) is 27.0 Å². The fourth-order valence-corrected chi connectivity index (χ4v) is 5.36. The fraction of sp³-hybridized carbons (Fsp3) is 0.577. The molecule has 2 aliphatic rings. The lowest BCUT2D eigenvalue weighted by molar-refractivity contribution is -0.153. The molecule has 13 heteroatoms. The Morgan fingerprint density at radius 1 is 1.36 bits per heavy atom. The molecule has 0 aliphatic carbocycles. The SMILES string of the molecule is CS(=O)CC(=O)Nc1c2c(nn1CC1CCC(C)(C)O1)C[C@H](CCc1cccc(OCC(F)(F)F)c1)NC2=O. The average molecular weight is 571 g/mol. The molecule has 1 fully saturated rings. The Labute approximate surface area is 227 Å². The Morgan fingerprint density at radius 3 is 2.79 bits per heavy atom. The number of carbonyl (C=O) groups excluding carboxylic acids is 2. The van der Waals surface area contributed by atoms with E-state index in [1.807, 2.05) is 13.8 Å². The molecule has 3 atom stereocenters. The molecule has 2 aliphatic heterocycles. The Morgan fingerprint density at radius 2 is 2.13 bits per heavy atom. The number of aromatic nitrogens is 2. The Kier molecular flexibility index (Phi) is 8.69. The average Bonchev–Trinajstić information content (AvgIpc) is 3.34. The smallest absolute Gasteiger partial charge is 0.422 e. The zero-order valence-corrected chi connectivity index (χ0v) is 22.9. The minimum Gasteiger partial charge on any atom is -0.484 e. The minimum atomic E-state index is -4.42. The van der Waals surface area contributed by atoms with Crippen LogP contribution in [0.2, 0.25) is 0 Å². The lowest BCUT2D eigenvalue weighted by Crippen LogP contribution is -2.41. The highest BCUT2D eigenvalue weighted by Crippen LogP contribution is 2.32. The number of alkyl halides is 3. The molecule has 1 aromatic carbocycles. The van der Waals surface area contributed by atoms with E-state index >= 15 is 0 Å². The zero-order chi connectivity index (χ0) is 28.4. The van der Waals surface area contributed by atoms with E-state index in [1.165, 1.54) is 12.3 Å². The number of rotatable bonds is 10. The predicted molar refractivity (Wildman–Crippen MR) is 139 cm³/mol. The summed E-state index contributed by atoms with van der Waals surface area (Å²) in [5.74, 6) is -0.670. The minimum absolute atomic E-state index is 0.129. The van der Waals surface area contributed by atoms with Crippen LogP contribution < -0.4 is 15.4 Å². The number of fused-ring (bicyclic) bond motifs is 1. The molecular weight excluding hydrogens is 537 g/mol. The summed E-state index contributed by atoms with van der Waals surface area (Å²) in [7, 11) is -1.35. The van der Waals surface area contributed by atoms with Gasteiger partial charge in [-0.05, 0) is 57.2 Å². The van der Waals surface area contributed by atoms with E-state index in [1.54, 1.807) is 22.9 Å². The van der Waals surface area contributed by atoms with Crippen LogP contribution in [0.3, 0.4) is 0 Å². The fourth-order valence-electron chi connectivity index (χ4n) is 4.92. The third-order valence-corrected chi connectivity index (χ3v) is 7.30. The van der Waals surface area contributed by atoms with E-state index in [0.717, 1.165) is 18.4 Å². The monoisotopic (exact) mass is 570 g/mol. The molecule has 2 amide bonds. The van der Waals surface area contributed by atoms with Crippen molar-refractivity contribution in [1.29, 1.82) is 0 Å². The van der Waals surface area contributed by atoms with Gasteiger partial charge in [-0.25, -0.2) is 4.68 Å². The number of carbonyl (C=O) groups is 2. The number of aryl methyl sites for hydroxylation is 1. The highest BCUT2D eigenvalue weighted by molar-refractivity contribution is 7.85. The third kappa shape index (κ3) is 8.04. The first-order chi connectivity index (χ1) is 18.3. The van der Waals surface area contributed by atoms with Crippen molar-refractivity contribution in [2.75, 3.05) is 23.9 Å². The van der Waals surface area contributed by atoms with E-state index < -0.39 is 29.5 Å². The summed E-state index contributed by atoms with van der Waals surface area (Å²) in [4.78, 5) is 25.7. The first-order valence-electron chi connectivity index (χ1n) is 12.7. The van der Waals surface area contributed by atoms with E-state index in [-0.39, 0.29) is 46.5 Å². The van der Waals surface area contributed by atoms with Crippen molar-refractivity contribution in [2.24, 2.45) is 0 Å². The topological polar surface area (TPSA) is 112 Å². The van der Waals surface area contributed by atoms with Gasteiger partial charge in [-0.15, -0.1) is 0 Å². The highest BCUT2D eigenvalue weighted by Gasteiger charge is 2.36. The van der Waals surface area contributed by atoms with E-state index in [0.29, 0.717) is 31.5 Å². The van der Waals surface area contributed by atoms with Gasteiger partial charge in [-0.1, -0.05) is 12.1 Å². The summed E-state index contributed by atoms with van der Waals surface area (Å²) in [6.45, 7) is 3.01. The Hall–Kier alpha value is -2.93. The molecule has 0 saturated carbocycles. The molecule has 3 heterocycles. The number of ether oxygens (including phenoxy) is 2. The molecule has 0 radical (unpaired) electrons. The Balaban J connectivity index is 1.48. The van der Waals surface area contributed by atoms with Gasteiger partial charge in [0.25, 0.3) is 5.91 Å². The quantitative estimate of drug-likeness (QED) is 0.453. The van der Waals surface area contributed by atoms with Crippen molar-refractivity contribution in [3.8, 4) is 5.75 Å². The molecule has 214 valence electrons. The van der Waals surface area contributed by atoms with Crippen LogP contribution in [-0.4, -0.2) is 68.3 Å². The van der Waals surface area contributed by atoms with Crippen LogP contribution in [0.15, 0.2) is 24.3 Å². The van der Waals surface area contributed by atoms with Gasteiger partial charge >= 0.3 is 6.18 Å². The van der Waals surface area contributed by atoms with Crippen LogP contribution in [0.5, 0.6) is 5.75 Å². The van der Waals surface area contributed by atoms with Crippen molar-refractivity contribution in [1.82, 2.24) is 15.1 Å². The maximum Gasteiger partial charge on any atom is 0.422 e. The molecule has 9 nitrogen and oxygen atoms in total. The second kappa shape index (κ2) is 11.7. The number of amides is 2. The first-order valence-corrected chi connectivity index (χ1v) is 14.5. The summed E-state index contributed by atoms with van der Waals surface area (Å²) in [6.07, 6.45) is -0.00451. The number of halogens is 3. The molecule has 2 unspecified atom stereocenters. The van der Waals surface area contributed by atoms with Crippen LogP contribution in [-0.2, 0) is 39.7 Å². The van der Waals surface area contributed by atoms with Gasteiger partial charge in [-0.3, -0.25) is 13.8 Å². The number of hydrogen-bond acceptors (Lipinski definition) is 6. The van der Waals surface area contributed by atoms with Gasteiger partial charge in [0.05, 0.1) is 23.9 Å². The van der Waals surface area contributed by atoms with Crippen molar-refractivity contribution in [3.63, 3.8) is 0 Å². The summed E-state index contributed by atoms with van der Waals surface area (Å²) >= 11 is 0. The number of nitrogens with one attached hydrogen (secondary N) is 2. The molecule has 0 bridgehead atoms. The maximum atomic E-state index is 13.2. The van der Waals surface area contributed by atoms with Crippen molar-refractivity contribution < 1.29 is 36.4 Å². The standard InChI is InChI=1S/C26H33F3N4O5S/c1-25(2)10-9-19(38-25)13-33-23(31-21(34)14-39(3)36)22-20(32-33)12-17(30-24(22)35)8-7-16-5-4-6-18(11-16)37-15-26(27,28)29/h4-6,11,17,19H,7-10,12-15H2,1-3H3,(H,30,35)(H,31,34)/t17-,19?,39?/m0/s1. The number of hydrogen-bond donors (Lipinski definition) is 2. The molecule has 39 heavy (non-hydrogen) atoms. The van der Waals surface area contributed by atoms with Gasteiger partial charge in [0, 0.05) is 29.5 Å². The van der Waals surface area contributed by atoms with Crippen molar-refractivity contribution in [2.45, 2.75) is 76.4 Å². The second-order valence-corrected chi connectivity index (χ2v) is 12.1. The number of benzene rings is 1. The van der Waals surface area contributed by atoms with Crippen LogP contribution >= 0.6 is 0 Å². The number of nitrogens with zero attached hydrogens (tertiary/aromatic N) is 2. The van der Waals surface area contributed by atoms with Crippen molar-refractivity contribution >= 4 is 28.4 Å². The van der Waals surface area contributed by atoms with Gasteiger partial charge in [0.1, 0.15) is 22.9 Å². The molecule has 2 N–H and O–H groups in total. The van der Waals surface area contributed by atoms with Crippen LogP contribution in [0.25, 0.3) is 0 Å². The first kappa shape index (κ1) is 29.1. The van der Waals surface area contributed by atoms with Gasteiger partial charge < -0.3 is 20.1 Å². The highest BCUT2D eigenvalue weighted by atomic mass is 32.2. The summed E-state index contributed by atoms with van der Waals surface area (Å²) in [5, 5.41) is 10.4. The normalized spacial score (nSPS) is 21.2. The number of anilines is 1. The molecule has 4 rings (SSSR count). The largest absolute Gasteiger partial charge is 0.484 e. The van der Waals surface area contributed by atoms with Gasteiger partial charge in [0.2, 0.25) is 5.91 Å². The molecular formula is C26H33F3N4O5S. The molecule has 2 aromatic rings. The lowest BCUT2D eigenvalue weighted by Gasteiger charge is -2.23. The predicted octanol–water partition coefficient (Wildman–Crippen LogP) is 3.39. The van der Waals surface area contributed by atoms with Gasteiger partial charge in [0.15, 0.2) is 6.61 Å². The summed E-state index contributed by atoms with van der Waals surface area (Å²) in [6, 6.07) is 6.19. The van der Waals surface area contributed by atoms with Crippen LogP contribution in [0, 0.1) is 0 Å². The Bertz CT molecular complexity index is 1250. The van der Waals surface area contributed by atoms with Gasteiger partial charge in [-0.2, -0.15) is 18.3 Å². The lowest BCUT2D eigenvalue weighted by atomic mass is 9.96. The second-order valence-electron chi connectivity index (χ2n) is 10.6. The van der Waals surface area contributed by atoms with E-state index in [4.69, 9.17) is 9.47 Å². The van der Waals surface area contributed by atoms with Crippen molar-refractivity contribution in [3.05, 3.63) is 41.1 Å². The molecule has 1 saturated heterocycles.